The molecule has 3 rings (SSSR count). The van der Waals surface area contributed by atoms with E-state index < -0.39 is 0 Å². The van der Waals surface area contributed by atoms with Gasteiger partial charge in [0.2, 0.25) is 0 Å². The average Bonchev–Trinajstić information content (AvgIpc) is 2.71. The smallest absolute Gasteiger partial charge is 0.140 e. The maximum absolute atomic E-state index is 13.8. The van der Waals surface area contributed by atoms with Gasteiger partial charge < -0.3 is 5.32 Å². The second-order valence-corrected chi connectivity index (χ2v) is 5.41. The van der Waals surface area contributed by atoms with Crippen molar-refractivity contribution in [3.63, 3.8) is 0 Å². The summed E-state index contributed by atoms with van der Waals surface area (Å²) in [5, 5.41) is 4.30. The predicted octanol–water partition coefficient (Wildman–Crippen LogP) is 3.96. The van der Waals surface area contributed by atoms with Gasteiger partial charge in [-0.25, -0.2) is 9.37 Å². The van der Waals surface area contributed by atoms with E-state index in [0.717, 1.165) is 25.2 Å². The molecule has 0 aliphatic carbocycles. The van der Waals surface area contributed by atoms with Crippen LogP contribution in [0, 0.1) is 5.82 Å². The quantitative estimate of drug-likeness (QED) is 0.847. The lowest BCUT2D eigenvalue weighted by Crippen LogP contribution is -2.09. The molecule has 2 aromatic rings. The molecule has 0 fully saturated rings. The molecule has 5 heteroatoms. The molecular formula is C12H10ClFN2S. The van der Waals surface area contributed by atoms with Gasteiger partial charge in [0.05, 0.1) is 10.6 Å². The van der Waals surface area contributed by atoms with Crippen LogP contribution in [0.25, 0.3) is 10.6 Å². The highest BCUT2D eigenvalue weighted by Gasteiger charge is 2.19. The Labute approximate surface area is 107 Å². The Hall–Kier alpha value is -1.13. The topological polar surface area (TPSA) is 24.9 Å². The van der Waals surface area contributed by atoms with Crippen molar-refractivity contribution in [3.8, 4) is 10.6 Å². The van der Waals surface area contributed by atoms with Crippen molar-refractivity contribution in [1.29, 1.82) is 0 Å². The number of halogens is 2. The first-order valence-corrected chi connectivity index (χ1v) is 6.63. The molecule has 0 saturated carbocycles. The van der Waals surface area contributed by atoms with Gasteiger partial charge in [-0.15, -0.1) is 11.3 Å². The number of rotatable bonds is 1. The van der Waals surface area contributed by atoms with Crippen LogP contribution in [-0.4, -0.2) is 11.5 Å². The largest absolute Gasteiger partial charge is 0.369 e. The van der Waals surface area contributed by atoms with Crippen LogP contribution < -0.4 is 5.32 Å². The first-order valence-electron chi connectivity index (χ1n) is 5.43. The monoisotopic (exact) mass is 268 g/mol. The standard InChI is InChI=1S/C12H10ClFN2S/c13-7-3-1-4-8(14)10(7)12-16-11-9(17-12)5-2-6-15-11/h1,3-4,15H,2,5-6H2. The molecule has 1 N–H and O–H groups in total. The number of aryl methyl sites for hydroxylation is 1. The van der Waals surface area contributed by atoms with Crippen LogP contribution in [0.2, 0.25) is 5.02 Å². The predicted molar refractivity (Wildman–Crippen MR) is 69.3 cm³/mol. The number of nitrogens with one attached hydrogen (secondary N) is 1. The fraction of sp³-hybridized carbons (Fsp3) is 0.250. The zero-order valence-electron chi connectivity index (χ0n) is 8.96. The molecular weight excluding hydrogens is 259 g/mol. The second-order valence-electron chi connectivity index (χ2n) is 3.92. The molecule has 0 bridgehead atoms. The van der Waals surface area contributed by atoms with Crippen molar-refractivity contribution in [2.24, 2.45) is 0 Å². The van der Waals surface area contributed by atoms with Gasteiger partial charge >= 0.3 is 0 Å². The van der Waals surface area contributed by atoms with Crippen molar-refractivity contribution in [2.45, 2.75) is 12.8 Å². The van der Waals surface area contributed by atoms with Gasteiger partial charge in [-0.3, -0.25) is 0 Å². The molecule has 17 heavy (non-hydrogen) atoms. The summed E-state index contributed by atoms with van der Waals surface area (Å²) in [6.07, 6.45) is 2.10. The van der Waals surface area contributed by atoms with Gasteiger partial charge in [-0.05, 0) is 25.0 Å². The van der Waals surface area contributed by atoms with Gasteiger partial charge in [0, 0.05) is 11.4 Å². The fourth-order valence-electron chi connectivity index (χ4n) is 1.92. The van der Waals surface area contributed by atoms with Crippen molar-refractivity contribution < 1.29 is 4.39 Å². The van der Waals surface area contributed by atoms with Gasteiger partial charge in [-0.1, -0.05) is 17.7 Å². The molecule has 2 nitrogen and oxygen atoms in total. The average molecular weight is 269 g/mol. The number of benzene rings is 1. The zero-order valence-corrected chi connectivity index (χ0v) is 10.5. The van der Waals surface area contributed by atoms with Crippen LogP contribution in [0.3, 0.4) is 0 Å². The molecule has 0 atom stereocenters. The maximum atomic E-state index is 13.8. The van der Waals surface area contributed by atoms with E-state index in [0.29, 0.717) is 15.6 Å². The summed E-state index contributed by atoms with van der Waals surface area (Å²) < 4.78 is 13.8. The van der Waals surface area contributed by atoms with Gasteiger partial charge in [-0.2, -0.15) is 0 Å². The van der Waals surface area contributed by atoms with Gasteiger partial charge in [0.25, 0.3) is 0 Å². The minimum Gasteiger partial charge on any atom is -0.369 e. The van der Waals surface area contributed by atoms with E-state index in [-0.39, 0.29) is 5.82 Å². The summed E-state index contributed by atoms with van der Waals surface area (Å²) in [5.41, 5.74) is 0.412. The highest BCUT2D eigenvalue weighted by atomic mass is 35.5. The van der Waals surface area contributed by atoms with E-state index in [1.165, 1.54) is 22.3 Å². The number of thiazole rings is 1. The normalized spacial score (nSPS) is 14.2. The van der Waals surface area contributed by atoms with Crippen molar-refractivity contribution in [2.75, 3.05) is 11.9 Å². The second kappa shape index (κ2) is 4.27. The first kappa shape index (κ1) is 11.0. The lowest BCUT2D eigenvalue weighted by atomic mass is 10.2. The molecule has 1 aromatic heterocycles. The summed E-state index contributed by atoms with van der Waals surface area (Å²) in [7, 11) is 0. The molecule has 1 aliphatic rings. The van der Waals surface area contributed by atoms with Crippen molar-refractivity contribution in [3.05, 3.63) is 33.9 Å². The molecule has 0 saturated heterocycles. The minimum absolute atomic E-state index is 0.316. The third kappa shape index (κ3) is 1.91. The fourth-order valence-corrected chi connectivity index (χ4v) is 3.37. The molecule has 0 unspecified atom stereocenters. The number of hydrogen-bond donors (Lipinski definition) is 1. The van der Waals surface area contributed by atoms with Crippen LogP contribution in [0.15, 0.2) is 18.2 Å². The van der Waals surface area contributed by atoms with E-state index >= 15 is 0 Å². The Balaban J connectivity index is 2.12. The van der Waals surface area contributed by atoms with Gasteiger partial charge in [0.1, 0.15) is 16.6 Å². The molecule has 0 radical (unpaired) electrons. The third-order valence-corrected chi connectivity index (χ3v) is 4.19. The highest BCUT2D eigenvalue weighted by Crippen LogP contribution is 2.38. The Morgan fingerprint density at radius 2 is 2.29 bits per heavy atom. The summed E-state index contributed by atoms with van der Waals surface area (Å²) in [6.45, 7) is 0.932. The molecule has 0 amide bonds. The summed E-state index contributed by atoms with van der Waals surface area (Å²) >= 11 is 7.55. The van der Waals surface area contributed by atoms with E-state index in [1.807, 2.05) is 0 Å². The van der Waals surface area contributed by atoms with Crippen LogP contribution in [0.5, 0.6) is 0 Å². The van der Waals surface area contributed by atoms with Crippen molar-refractivity contribution >= 4 is 28.8 Å². The summed E-state index contributed by atoms with van der Waals surface area (Å²) in [5.74, 6) is 0.569. The number of aromatic nitrogens is 1. The third-order valence-electron chi connectivity index (χ3n) is 2.75. The van der Waals surface area contributed by atoms with Crippen LogP contribution in [0.1, 0.15) is 11.3 Å². The van der Waals surface area contributed by atoms with Crippen LogP contribution in [-0.2, 0) is 6.42 Å². The zero-order chi connectivity index (χ0) is 11.8. The number of anilines is 1. The first-order chi connectivity index (χ1) is 8.25. The lowest BCUT2D eigenvalue weighted by molar-refractivity contribution is 0.631. The SMILES string of the molecule is Fc1cccc(Cl)c1-c1nc2c(s1)CCCN2. The lowest BCUT2D eigenvalue weighted by Gasteiger charge is -2.10. The number of hydrogen-bond acceptors (Lipinski definition) is 3. The van der Waals surface area contributed by atoms with Crippen LogP contribution >= 0.6 is 22.9 Å². The Bertz CT molecular complexity index is 524. The van der Waals surface area contributed by atoms with E-state index in [2.05, 4.69) is 10.3 Å². The van der Waals surface area contributed by atoms with E-state index in [9.17, 15) is 4.39 Å². The van der Waals surface area contributed by atoms with E-state index in [1.54, 1.807) is 12.1 Å². The van der Waals surface area contributed by atoms with Crippen molar-refractivity contribution in [1.82, 2.24) is 4.98 Å². The number of nitrogens with zero attached hydrogens (tertiary/aromatic N) is 1. The molecule has 1 aliphatic heterocycles. The van der Waals surface area contributed by atoms with E-state index in [4.69, 9.17) is 11.6 Å². The summed E-state index contributed by atoms with van der Waals surface area (Å²) in [4.78, 5) is 5.61. The highest BCUT2D eigenvalue weighted by molar-refractivity contribution is 7.15. The Kier molecular flexibility index (Phi) is 2.76. The molecule has 2 heterocycles. The van der Waals surface area contributed by atoms with Crippen LogP contribution in [0.4, 0.5) is 10.2 Å². The Morgan fingerprint density at radius 1 is 1.41 bits per heavy atom. The van der Waals surface area contributed by atoms with Gasteiger partial charge in [0.15, 0.2) is 0 Å². The molecule has 1 aromatic carbocycles. The summed E-state index contributed by atoms with van der Waals surface area (Å²) in [6, 6.07) is 4.70. The minimum atomic E-state index is -0.316. The number of fused-ring (bicyclic) bond motifs is 1. The molecule has 88 valence electrons. The Morgan fingerprint density at radius 3 is 3.06 bits per heavy atom. The maximum Gasteiger partial charge on any atom is 0.140 e. The molecule has 0 spiro atoms.